The fraction of sp³-hybridized carbons (Fsp3) is 0.765. The van der Waals surface area contributed by atoms with Crippen molar-refractivity contribution in [3.8, 4) is 0 Å². The lowest BCUT2D eigenvalue weighted by atomic mass is 10.1. The molecule has 1 fully saturated rings. The average Bonchev–Trinajstić information content (AvgIpc) is 3.11. The van der Waals surface area contributed by atoms with Crippen LogP contribution < -0.4 is 5.32 Å². The van der Waals surface area contributed by atoms with E-state index in [4.69, 9.17) is 0 Å². The second-order valence-electron chi connectivity index (χ2n) is 6.29. The van der Waals surface area contributed by atoms with E-state index in [1.165, 1.54) is 25.9 Å². The van der Waals surface area contributed by atoms with Crippen LogP contribution in [-0.2, 0) is 11.3 Å². The Morgan fingerprint density at radius 1 is 1.35 bits per heavy atom. The number of amides is 1. The number of carbonyl (C=O) groups excluding carboxylic acids is 1. The Labute approximate surface area is 144 Å². The summed E-state index contributed by atoms with van der Waals surface area (Å²) in [5, 5.41) is 7.65. The van der Waals surface area contributed by atoms with Gasteiger partial charge in [0.2, 0.25) is 5.91 Å². The Morgan fingerprint density at radius 2 is 2.04 bits per heavy atom. The molecule has 1 atom stereocenters. The third kappa shape index (κ3) is 4.98. The maximum absolute atomic E-state index is 12.1. The van der Waals surface area contributed by atoms with E-state index < -0.39 is 0 Å². The molecule has 0 bridgehead atoms. The fourth-order valence-electron chi connectivity index (χ4n) is 3.37. The summed E-state index contributed by atoms with van der Waals surface area (Å²) in [6, 6.07) is 0.0157. The molecule has 0 spiro atoms. The first-order valence-electron chi connectivity index (χ1n) is 8.66. The molecule has 1 unspecified atom stereocenters. The summed E-state index contributed by atoms with van der Waals surface area (Å²) < 4.78 is 2.00. The van der Waals surface area contributed by atoms with E-state index >= 15 is 0 Å². The lowest BCUT2D eigenvalue weighted by Gasteiger charge is -2.16. The van der Waals surface area contributed by atoms with Crippen LogP contribution in [0.25, 0.3) is 0 Å². The van der Waals surface area contributed by atoms with Gasteiger partial charge in [-0.25, -0.2) is 0 Å². The van der Waals surface area contributed by atoms with Gasteiger partial charge in [0.05, 0.1) is 17.5 Å². The largest absolute Gasteiger partial charge is 0.349 e. The van der Waals surface area contributed by atoms with Crippen molar-refractivity contribution in [2.24, 2.45) is 0 Å². The number of thioether (sulfide) groups is 1. The monoisotopic (exact) mass is 338 g/mol. The lowest BCUT2D eigenvalue weighted by molar-refractivity contribution is -0.119. The molecule has 23 heavy (non-hydrogen) atoms. The zero-order valence-electron chi connectivity index (χ0n) is 14.9. The number of nitrogens with one attached hydrogen (secondary N) is 1. The van der Waals surface area contributed by atoms with E-state index in [9.17, 15) is 4.79 Å². The molecule has 5 nitrogen and oxygen atoms in total. The second-order valence-corrected chi connectivity index (χ2v) is 7.40. The molecule has 1 aliphatic heterocycles. The van der Waals surface area contributed by atoms with Gasteiger partial charge in [-0.3, -0.25) is 9.48 Å². The van der Waals surface area contributed by atoms with Crippen LogP contribution >= 0.6 is 11.8 Å². The van der Waals surface area contributed by atoms with Crippen LogP contribution in [0.1, 0.15) is 49.7 Å². The van der Waals surface area contributed by atoms with Crippen molar-refractivity contribution in [2.75, 3.05) is 31.1 Å². The van der Waals surface area contributed by atoms with E-state index in [2.05, 4.69) is 29.2 Å². The molecule has 0 aromatic carbocycles. The number of rotatable bonds is 8. The zero-order chi connectivity index (χ0) is 16.8. The molecule has 0 aliphatic carbocycles. The van der Waals surface area contributed by atoms with E-state index in [-0.39, 0.29) is 11.9 Å². The molecular formula is C17H30N4OS. The number of carbonyl (C=O) groups is 1. The highest BCUT2D eigenvalue weighted by atomic mass is 32.2. The smallest absolute Gasteiger partial charge is 0.230 e. The molecule has 2 heterocycles. The predicted molar refractivity (Wildman–Crippen MR) is 96.9 cm³/mol. The summed E-state index contributed by atoms with van der Waals surface area (Å²) in [7, 11) is 0. The lowest BCUT2D eigenvalue weighted by Crippen LogP contribution is -2.29. The van der Waals surface area contributed by atoms with Gasteiger partial charge in [0.25, 0.3) is 0 Å². The first-order chi connectivity index (χ1) is 11.0. The minimum Gasteiger partial charge on any atom is -0.349 e. The van der Waals surface area contributed by atoms with E-state index in [1.54, 1.807) is 11.8 Å². The van der Waals surface area contributed by atoms with Crippen LogP contribution in [0.4, 0.5) is 0 Å². The van der Waals surface area contributed by atoms with Gasteiger partial charge in [0.15, 0.2) is 0 Å². The Kier molecular flexibility index (Phi) is 6.96. The van der Waals surface area contributed by atoms with Gasteiger partial charge >= 0.3 is 0 Å². The molecule has 1 aromatic rings. The Balaban J connectivity index is 1.75. The minimum absolute atomic E-state index is 0.0157. The SMILES string of the molecule is CCn1nc(C)c(C(C)NC(=O)CSCCN2CCCC2)c1C. The molecule has 1 aliphatic rings. The summed E-state index contributed by atoms with van der Waals surface area (Å²) in [6.07, 6.45) is 2.65. The van der Waals surface area contributed by atoms with Crippen LogP contribution in [0.5, 0.6) is 0 Å². The Morgan fingerprint density at radius 3 is 2.65 bits per heavy atom. The summed E-state index contributed by atoms with van der Waals surface area (Å²) in [4.78, 5) is 14.6. The average molecular weight is 339 g/mol. The maximum Gasteiger partial charge on any atom is 0.230 e. The Bertz CT molecular complexity index is 523. The van der Waals surface area contributed by atoms with Crippen LogP contribution in [0.15, 0.2) is 0 Å². The molecule has 0 radical (unpaired) electrons. The molecule has 1 N–H and O–H groups in total. The maximum atomic E-state index is 12.1. The van der Waals surface area contributed by atoms with Crippen molar-refractivity contribution in [1.82, 2.24) is 20.0 Å². The fourth-order valence-corrected chi connectivity index (χ4v) is 4.17. The highest BCUT2D eigenvalue weighted by molar-refractivity contribution is 7.99. The highest BCUT2D eigenvalue weighted by Crippen LogP contribution is 2.21. The van der Waals surface area contributed by atoms with Crippen LogP contribution in [0, 0.1) is 13.8 Å². The van der Waals surface area contributed by atoms with Crippen molar-refractivity contribution in [3.05, 3.63) is 17.0 Å². The van der Waals surface area contributed by atoms with Gasteiger partial charge in [0, 0.05) is 30.1 Å². The van der Waals surface area contributed by atoms with Crippen LogP contribution in [-0.4, -0.2) is 51.7 Å². The van der Waals surface area contributed by atoms with E-state index in [0.29, 0.717) is 5.75 Å². The Hall–Kier alpha value is -1.01. The van der Waals surface area contributed by atoms with Crippen molar-refractivity contribution >= 4 is 17.7 Å². The van der Waals surface area contributed by atoms with Crippen LogP contribution in [0.3, 0.4) is 0 Å². The first kappa shape index (κ1) is 18.3. The standard InChI is InChI=1S/C17H30N4OS/c1-5-21-15(4)17(14(3)19-21)13(2)18-16(22)12-23-11-10-20-8-6-7-9-20/h13H,5-12H2,1-4H3,(H,18,22). The third-order valence-electron chi connectivity index (χ3n) is 4.53. The number of hydrogen-bond donors (Lipinski definition) is 1. The molecule has 1 saturated heterocycles. The van der Waals surface area contributed by atoms with Crippen molar-refractivity contribution in [1.29, 1.82) is 0 Å². The molecule has 1 aromatic heterocycles. The van der Waals surface area contributed by atoms with Gasteiger partial charge in [0.1, 0.15) is 0 Å². The third-order valence-corrected chi connectivity index (χ3v) is 5.47. The number of likely N-dealkylation sites (tertiary alicyclic amines) is 1. The molecule has 2 rings (SSSR count). The zero-order valence-corrected chi connectivity index (χ0v) is 15.7. The number of aromatic nitrogens is 2. The van der Waals surface area contributed by atoms with E-state index in [0.717, 1.165) is 35.8 Å². The van der Waals surface area contributed by atoms with Crippen LogP contribution in [0.2, 0.25) is 0 Å². The number of aryl methyl sites for hydroxylation is 2. The normalized spacial score (nSPS) is 16.7. The topological polar surface area (TPSA) is 50.2 Å². The number of hydrogen-bond acceptors (Lipinski definition) is 4. The predicted octanol–water partition coefficient (Wildman–Crippen LogP) is 2.53. The second kappa shape index (κ2) is 8.73. The molecule has 1 amide bonds. The van der Waals surface area contributed by atoms with Crippen molar-refractivity contribution in [3.63, 3.8) is 0 Å². The molecule has 0 saturated carbocycles. The highest BCUT2D eigenvalue weighted by Gasteiger charge is 2.18. The molecule has 130 valence electrons. The van der Waals surface area contributed by atoms with Gasteiger partial charge in [-0.1, -0.05) is 0 Å². The first-order valence-corrected chi connectivity index (χ1v) is 9.81. The minimum atomic E-state index is 0.0157. The summed E-state index contributed by atoms with van der Waals surface area (Å²) in [6.45, 7) is 12.6. The number of nitrogens with zero attached hydrogens (tertiary/aromatic N) is 3. The summed E-state index contributed by atoms with van der Waals surface area (Å²) >= 11 is 1.73. The van der Waals surface area contributed by atoms with Gasteiger partial charge < -0.3 is 10.2 Å². The van der Waals surface area contributed by atoms with Gasteiger partial charge in [-0.2, -0.15) is 16.9 Å². The van der Waals surface area contributed by atoms with Gasteiger partial charge in [-0.05, 0) is 53.6 Å². The molecular weight excluding hydrogens is 308 g/mol. The summed E-state index contributed by atoms with van der Waals surface area (Å²) in [5.74, 6) is 1.69. The summed E-state index contributed by atoms with van der Waals surface area (Å²) in [5.41, 5.74) is 3.32. The van der Waals surface area contributed by atoms with Crippen molar-refractivity contribution < 1.29 is 4.79 Å². The quantitative estimate of drug-likeness (QED) is 0.740. The van der Waals surface area contributed by atoms with Gasteiger partial charge in [-0.15, -0.1) is 0 Å². The van der Waals surface area contributed by atoms with Crippen molar-refractivity contribution in [2.45, 2.75) is 53.1 Å². The van der Waals surface area contributed by atoms with E-state index in [1.807, 2.05) is 18.5 Å². The molecule has 6 heteroatoms.